The van der Waals surface area contributed by atoms with Gasteiger partial charge in [-0.25, -0.2) is 9.18 Å². The van der Waals surface area contributed by atoms with E-state index in [1.54, 1.807) is 6.07 Å². The number of nitrogens with zero attached hydrogens (tertiary/aromatic N) is 2. The summed E-state index contributed by atoms with van der Waals surface area (Å²) in [4.78, 5) is 15.3. The Hall–Kier alpha value is -1.59. The zero-order valence-corrected chi connectivity index (χ0v) is 15.7. The number of carbonyl (C=O) groups is 1. The minimum Gasteiger partial charge on any atom is -0.459 e. The van der Waals surface area contributed by atoms with Crippen LogP contribution in [0, 0.1) is 5.82 Å². The second kappa shape index (κ2) is 6.54. The van der Waals surface area contributed by atoms with Crippen LogP contribution < -0.4 is 0 Å². The molecule has 0 aliphatic carbocycles. The van der Waals surface area contributed by atoms with Crippen molar-refractivity contribution in [3.05, 3.63) is 35.3 Å². The quantitative estimate of drug-likeness (QED) is 0.742. The number of esters is 1. The smallest absolute Gasteiger partial charge is 0.340 e. The van der Waals surface area contributed by atoms with Crippen molar-refractivity contribution in [1.29, 1.82) is 0 Å². The van der Waals surface area contributed by atoms with E-state index in [2.05, 4.69) is 16.5 Å². The van der Waals surface area contributed by atoms with Gasteiger partial charge in [0.15, 0.2) is 0 Å². The molecule has 1 aromatic carbocycles. The molecule has 6 heteroatoms. The Labute approximate surface area is 158 Å². The molecule has 1 aromatic heterocycles. The minimum absolute atomic E-state index is 0. The van der Waals surface area contributed by atoms with Gasteiger partial charge in [0.05, 0.1) is 11.1 Å². The van der Waals surface area contributed by atoms with Crippen LogP contribution in [0.5, 0.6) is 0 Å². The number of rotatable bonds is 2. The second-order valence-corrected chi connectivity index (χ2v) is 7.85. The maximum absolute atomic E-state index is 14.0. The van der Waals surface area contributed by atoms with E-state index in [1.165, 1.54) is 18.9 Å². The number of halogens is 2. The molecular formula is C20H24ClFN2O2. The molecule has 2 bridgehead atoms. The molecule has 0 spiro atoms. The summed E-state index contributed by atoms with van der Waals surface area (Å²) in [5.41, 5.74) is 2.52. The van der Waals surface area contributed by atoms with Crippen molar-refractivity contribution in [1.82, 2.24) is 9.47 Å². The van der Waals surface area contributed by atoms with E-state index in [4.69, 9.17) is 4.74 Å². The molecule has 4 nitrogen and oxygen atoms in total. The van der Waals surface area contributed by atoms with Gasteiger partial charge in [-0.2, -0.15) is 0 Å². The van der Waals surface area contributed by atoms with Gasteiger partial charge in [0.1, 0.15) is 11.9 Å². The molecule has 3 aliphatic heterocycles. The van der Waals surface area contributed by atoms with Crippen LogP contribution in [0.3, 0.4) is 0 Å². The summed E-state index contributed by atoms with van der Waals surface area (Å²) < 4.78 is 22.0. The summed E-state index contributed by atoms with van der Waals surface area (Å²) in [7, 11) is 2.17. The summed E-state index contributed by atoms with van der Waals surface area (Å²) in [6, 6.07) is 4.14. The normalized spacial score (nSPS) is 27.4. The van der Waals surface area contributed by atoms with Crippen LogP contribution in [0.2, 0.25) is 0 Å². The van der Waals surface area contributed by atoms with E-state index in [0.717, 1.165) is 43.3 Å². The number of carbonyl (C=O) groups excluding carboxylic acids is 1. The molecule has 0 radical (unpaired) electrons. The number of benzene rings is 1. The molecule has 2 saturated heterocycles. The predicted molar refractivity (Wildman–Crippen MR) is 100 cm³/mol. The van der Waals surface area contributed by atoms with Gasteiger partial charge in [-0.3, -0.25) is 0 Å². The molecule has 4 heterocycles. The lowest BCUT2D eigenvalue weighted by atomic mass is 10.00. The van der Waals surface area contributed by atoms with Gasteiger partial charge < -0.3 is 14.2 Å². The first-order valence-electron chi connectivity index (χ1n) is 9.34. The summed E-state index contributed by atoms with van der Waals surface area (Å²) in [6.07, 6.45) is 7.91. The van der Waals surface area contributed by atoms with Gasteiger partial charge in [0.2, 0.25) is 0 Å². The number of aryl methyl sites for hydroxylation is 2. The highest BCUT2D eigenvalue weighted by atomic mass is 35.5. The first-order chi connectivity index (χ1) is 12.1. The number of aromatic nitrogens is 1. The van der Waals surface area contributed by atoms with E-state index >= 15 is 0 Å². The standard InChI is InChI=1S/C20H23FN2O2.ClH/c1-22-14-4-5-15(22)10-16(9-14)25-20(24)18-11-23-6-2-3-12-7-13(21)8-17(18)19(12)23;/h7-8,11,14-16H,2-6,9-10H2,1H3;1H. The zero-order valence-electron chi connectivity index (χ0n) is 14.9. The number of piperidine rings is 1. The van der Waals surface area contributed by atoms with Crippen molar-refractivity contribution in [3.8, 4) is 0 Å². The topological polar surface area (TPSA) is 34.5 Å². The van der Waals surface area contributed by atoms with Crippen LogP contribution in [0.1, 0.15) is 48.0 Å². The predicted octanol–water partition coefficient (Wildman–Crippen LogP) is 3.93. The summed E-state index contributed by atoms with van der Waals surface area (Å²) in [6.45, 7) is 0.876. The fourth-order valence-electron chi connectivity index (χ4n) is 5.13. The van der Waals surface area contributed by atoms with Crippen LogP contribution in [-0.2, 0) is 17.7 Å². The van der Waals surface area contributed by atoms with E-state index in [0.29, 0.717) is 23.0 Å². The maximum Gasteiger partial charge on any atom is 0.340 e. The summed E-state index contributed by atoms with van der Waals surface area (Å²) in [5, 5.41) is 0.704. The van der Waals surface area contributed by atoms with E-state index in [1.807, 2.05) is 6.20 Å². The van der Waals surface area contributed by atoms with E-state index < -0.39 is 0 Å². The Morgan fingerprint density at radius 2 is 1.96 bits per heavy atom. The molecule has 2 fully saturated rings. The average Bonchev–Trinajstić information content (AvgIpc) is 3.02. The fourth-order valence-corrected chi connectivity index (χ4v) is 5.13. The lowest BCUT2D eigenvalue weighted by molar-refractivity contribution is -0.000282. The van der Waals surface area contributed by atoms with Crippen molar-refractivity contribution in [2.45, 2.75) is 63.3 Å². The second-order valence-electron chi connectivity index (χ2n) is 7.85. The molecule has 26 heavy (non-hydrogen) atoms. The Kier molecular flexibility index (Phi) is 4.48. The van der Waals surface area contributed by atoms with Crippen LogP contribution in [-0.4, -0.2) is 40.7 Å². The highest BCUT2D eigenvalue weighted by Gasteiger charge is 2.40. The Balaban J connectivity index is 0.00000168. The number of ether oxygens (including phenoxy) is 1. The average molecular weight is 379 g/mol. The molecule has 0 N–H and O–H groups in total. The van der Waals surface area contributed by atoms with Crippen molar-refractivity contribution in [3.63, 3.8) is 0 Å². The molecule has 5 rings (SSSR count). The minimum atomic E-state index is -0.295. The van der Waals surface area contributed by atoms with Crippen LogP contribution in [0.25, 0.3) is 10.9 Å². The Bertz CT molecular complexity index is 851. The maximum atomic E-state index is 14.0. The molecular weight excluding hydrogens is 355 g/mol. The van der Waals surface area contributed by atoms with Gasteiger partial charge in [-0.1, -0.05) is 0 Å². The monoisotopic (exact) mass is 378 g/mol. The third-order valence-electron chi connectivity index (χ3n) is 6.41. The van der Waals surface area contributed by atoms with E-state index in [-0.39, 0.29) is 30.3 Å². The zero-order chi connectivity index (χ0) is 17.1. The Morgan fingerprint density at radius 3 is 2.69 bits per heavy atom. The molecule has 2 unspecified atom stereocenters. The SMILES string of the molecule is CN1C2CCC1CC(OC(=O)c1cn3c4c(cc(F)cc14)CCC3)C2.Cl. The van der Waals surface area contributed by atoms with Gasteiger partial charge in [0, 0.05) is 43.1 Å². The van der Waals surface area contributed by atoms with Gasteiger partial charge in [-0.05, 0) is 50.4 Å². The van der Waals surface area contributed by atoms with Gasteiger partial charge in [-0.15, -0.1) is 12.4 Å². The molecule has 3 aliphatic rings. The largest absolute Gasteiger partial charge is 0.459 e. The molecule has 0 saturated carbocycles. The van der Waals surface area contributed by atoms with Crippen LogP contribution in [0.4, 0.5) is 4.39 Å². The van der Waals surface area contributed by atoms with Crippen molar-refractivity contribution < 1.29 is 13.9 Å². The number of hydrogen-bond acceptors (Lipinski definition) is 3. The molecule has 140 valence electrons. The summed E-state index contributed by atoms with van der Waals surface area (Å²) in [5.74, 6) is -0.565. The number of hydrogen-bond donors (Lipinski definition) is 0. The highest BCUT2D eigenvalue weighted by molar-refractivity contribution is 6.05. The third kappa shape index (κ3) is 2.72. The number of fused-ring (bicyclic) bond motifs is 2. The first-order valence-corrected chi connectivity index (χ1v) is 9.34. The van der Waals surface area contributed by atoms with Crippen molar-refractivity contribution >= 4 is 29.3 Å². The molecule has 2 atom stereocenters. The highest BCUT2D eigenvalue weighted by Crippen LogP contribution is 2.36. The molecule has 2 aromatic rings. The molecule has 0 amide bonds. The van der Waals surface area contributed by atoms with E-state index in [9.17, 15) is 9.18 Å². The first kappa shape index (κ1) is 17.8. The fraction of sp³-hybridized carbons (Fsp3) is 0.550. The Morgan fingerprint density at radius 1 is 1.23 bits per heavy atom. The van der Waals surface area contributed by atoms with Crippen LogP contribution >= 0.6 is 12.4 Å². The van der Waals surface area contributed by atoms with Gasteiger partial charge in [0.25, 0.3) is 0 Å². The van der Waals surface area contributed by atoms with Crippen molar-refractivity contribution in [2.24, 2.45) is 0 Å². The summed E-state index contributed by atoms with van der Waals surface area (Å²) >= 11 is 0. The third-order valence-corrected chi connectivity index (χ3v) is 6.41. The lowest BCUT2D eigenvalue weighted by Crippen LogP contribution is -2.43. The van der Waals surface area contributed by atoms with Crippen molar-refractivity contribution in [2.75, 3.05) is 7.05 Å². The lowest BCUT2D eigenvalue weighted by Gasteiger charge is -2.35. The van der Waals surface area contributed by atoms with Crippen LogP contribution in [0.15, 0.2) is 18.3 Å². The van der Waals surface area contributed by atoms with Gasteiger partial charge >= 0.3 is 5.97 Å².